The molecule has 0 bridgehead atoms. The van der Waals surface area contributed by atoms with Gasteiger partial charge < -0.3 is 10.4 Å². The minimum absolute atomic E-state index is 0.308. The van der Waals surface area contributed by atoms with Crippen LogP contribution in [-0.4, -0.2) is 45.1 Å². The Bertz CT molecular complexity index is 989. The summed E-state index contributed by atoms with van der Waals surface area (Å²) in [6, 6.07) is 19.2. The van der Waals surface area contributed by atoms with Crippen molar-refractivity contribution in [2.75, 3.05) is 13.1 Å². The first-order valence-corrected chi connectivity index (χ1v) is 11.2. The lowest BCUT2D eigenvalue weighted by atomic mass is 10.0. The van der Waals surface area contributed by atoms with Gasteiger partial charge in [0, 0.05) is 49.9 Å². The maximum atomic E-state index is 9.41. The van der Waals surface area contributed by atoms with Crippen molar-refractivity contribution < 1.29 is 5.11 Å². The first-order valence-electron chi connectivity index (χ1n) is 11.2. The Morgan fingerprint density at radius 1 is 1.03 bits per heavy atom. The van der Waals surface area contributed by atoms with Crippen molar-refractivity contribution in [3.8, 4) is 17.0 Å². The molecule has 0 radical (unpaired) electrons. The number of hydrogen-bond donors (Lipinski definition) is 2. The first kappa shape index (κ1) is 21.5. The zero-order valence-corrected chi connectivity index (χ0v) is 18.5. The molecule has 1 aromatic heterocycles. The molecule has 0 amide bonds. The predicted molar refractivity (Wildman–Crippen MR) is 125 cm³/mol. The van der Waals surface area contributed by atoms with Crippen LogP contribution in [0.25, 0.3) is 11.3 Å². The van der Waals surface area contributed by atoms with Crippen molar-refractivity contribution in [1.82, 2.24) is 20.2 Å². The number of rotatable bonds is 7. The molecule has 4 rings (SSSR count). The minimum Gasteiger partial charge on any atom is -0.508 e. The van der Waals surface area contributed by atoms with Crippen LogP contribution in [0.4, 0.5) is 0 Å². The van der Waals surface area contributed by atoms with E-state index in [4.69, 9.17) is 4.98 Å². The van der Waals surface area contributed by atoms with Gasteiger partial charge in [-0.25, -0.2) is 9.97 Å². The highest BCUT2D eigenvalue weighted by atomic mass is 16.3. The second-order valence-electron chi connectivity index (χ2n) is 8.67. The highest BCUT2D eigenvalue weighted by Gasteiger charge is 2.22. The van der Waals surface area contributed by atoms with Crippen molar-refractivity contribution in [1.29, 1.82) is 0 Å². The predicted octanol–water partition coefficient (Wildman–Crippen LogP) is 4.21. The lowest BCUT2D eigenvalue weighted by Crippen LogP contribution is -2.53. The zero-order chi connectivity index (χ0) is 21.6. The van der Waals surface area contributed by atoms with E-state index in [-0.39, 0.29) is 0 Å². The lowest BCUT2D eigenvalue weighted by Gasteiger charge is -2.37. The number of hydrogen-bond acceptors (Lipinski definition) is 5. The molecule has 2 aromatic carbocycles. The van der Waals surface area contributed by atoms with Crippen LogP contribution in [0.3, 0.4) is 0 Å². The summed E-state index contributed by atoms with van der Waals surface area (Å²) in [5, 5.41) is 13.0. The molecule has 1 saturated heterocycles. The number of phenols is 1. The van der Waals surface area contributed by atoms with Crippen LogP contribution < -0.4 is 5.32 Å². The monoisotopic (exact) mass is 416 g/mol. The third-order valence-electron chi connectivity index (χ3n) is 6.01. The molecule has 1 aliphatic heterocycles. The van der Waals surface area contributed by atoms with Crippen LogP contribution in [0, 0.1) is 0 Å². The van der Waals surface area contributed by atoms with E-state index in [1.165, 1.54) is 11.1 Å². The van der Waals surface area contributed by atoms with E-state index in [0.29, 0.717) is 17.8 Å². The Balaban J connectivity index is 1.40. The Morgan fingerprint density at radius 2 is 1.87 bits per heavy atom. The fourth-order valence-corrected chi connectivity index (χ4v) is 4.17. The molecule has 0 aliphatic carbocycles. The van der Waals surface area contributed by atoms with Crippen molar-refractivity contribution in [2.45, 2.75) is 51.7 Å². The number of aryl methyl sites for hydroxylation is 2. The van der Waals surface area contributed by atoms with Gasteiger partial charge in [0.15, 0.2) is 0 Å². The average Bonchev–Trinajstić information content (AvgIpc) is 2.78. The number of nitrogens with zero attached hydrogens (tertiary/aromatic N) is 3. The summed E-state index contributed by atoms with van der Waals surface area (Å²) < 4.78 is 0. The van der Waals surface area contributed by atoms with Crippen LogP contribution in [0.15, 0.2) is 60.8 Å². The summed E-state index contributed by atoms with van der Waals surface area (Å²) in [4.78, 5) is 11.9. The van der Waals surface area contributed by atoms with Gasteiger partial charge in [-0.15, -0.1) is 0 Å². The number of benzene rings is 2. The maximum Gasteiger partial charge on any atom is 0.128 e. The van der Waals surface area contributed by atoms with Gasteiger partial charge in [-0.1, -0.05) is 30.3 Å². The standard InChI is InChI=1S/C26H32N4O/c1-19-17-30(20(2)16-28-19)18-22-6-3-7-23(15-22)25-13-14-27-26(29-25)8-4-5-21-9-11-24(31)12-10-21/h3,6-7,9-15,19-20,28,31H,4-5,8,16-18H2,1-2H3/t19-,20+/m1/s1. The molecule has 5 nitrogen and oxygen atoms in total. The Labute approximate surface area is 185 Å². The quantitative estimate of drug-likeness (QED) is 0.604. The summed E-state index contributed by atoms with van der Waals surface area (Å²) in [7, 11) is 0. The normalized spacial score (nSPS) is 19.4. The van der Waals surface area contributed by atoms with Crippen molar-refractivity contribution >= 4 is 0 Å². The molecule has 1 aliphatic rings. The van der Waals surface area contributed by atoms with Crippen molar-refractivity contribution in [3.63, 3.8) is 0 Å². The summed E-state index contributed by atoms with van der Waals surface area (Å²) in [5.74, 6) is 1.19. The molecule has 2 atom stereocenters. The van der Waals surface area contributed by atoms with E-state index in [1.54, 1.807) is 12.1 Å². The molecule has 5 heteroatoms. The molecule has 2 N–H and O–H groups in total. The highest BCUT2D eigenvalue weighted by Crippen LogP contribution is 2.21. The van der Waals surface area contributed by atoms with Crippen molar-refractivity contribution in [2.24, 2.45) is 0 Å². The summed E-state index contributed by atoms with van der Waals surface area (Å²) in [6.45, 7) is 7.62. The molecule has 1 fully saturated rings. The molecule has 162 valence electrons. The van der Waals surface area contributed by atoms with Crippen LogP contribution >= 0.6 is 0 Å². The topological polar surface area (TPSA) is 61.3 Å². The van der Waals surface area contributed by atoms with Crippen LogP contribution in [0.5, 0.6) is 5.75 Å². The number of phenolic OH excluding ortho intramolecular Hbond substituents is 1. The SMILES string of the molecule is C[C@@H]1CN(Cc2cccc(-c3ccnc(CCCc4ccc(O)cc4)n3)c2)[C@@H](C)CN1. The molecule has 0 spiro atoms. The third-order valence-corrected chi connectivity index (χ3v) is 6.01. The molecule has 0 saturated carbocycles. The van der Waals surface area contributed by atoms with Crippen LogP contribution in [0.2, 0.25) is 0 Å². The van der Waals surface area contributed by atoms with E-state index < -0.39 is 0 Å². The second-order valence-corrected chi connectivity index (χ2v) is 8.67. The molecular formula is C26H32N4O. The first-order chi connectivity index (χ1) is 15.1. The summed E-state index contributed by atoms with van der Waals surface area (Å²) in [6.07, 6.45) is 4.63. The number of nitrogens with one attached hydrogen (secondary N) is 1. The largest absolute Gasteiger partial charge is 0.508 e. The van der Waals surface area contributed by atoms with Gasteiger partial charge in [-0.2, -0.15) is 0 Å². The third kappa shape index (κ3) is 5.90. The Morgan fingerprint density at radius 3 is 2.71 bits per heavy atom. The molecule has 2 heterocycles. The number of piperazine rings is 1. The molecular weight excluding hydrogens is 384 g/mol. The van der Waals surface area contributed by atoms with Gasteiger partial charge in [0.25, 0.3) is 0 Å². The van der Waals surface area contributed by atoms with Crippen LogP contribution in [0.1, 0.15) is 37.2 Å². The van der Waals surface area contributed by atoms with Gasteiger partial charge in [0.1, 0.15) is 11.6 Å². The molecule has 31 heavy (non-hydrogen) atoms. The van der Waals surface area contributed by atoms with E-state index >= 15 is 0 Å². The van der Waals surface area contributed by atoms with Gasteiger partial charge in [0.05, 0.1) is 5.69 Å². The van der Waals surface area contributed by atoms with Gasteiger partial charge in [-0.05, 0) is 62.1 Å². The van der Waals surface area contributed by atoms with Crippen LogP contribution in [-0.2, 0) is 19.4 Å². The van der Waals surface area contributed by atoms with E-state index in [0.717, 1.165) is 56.0 Å². The van der Waals surface area contributed by atoms with Gasteiger partial charge in [-0.3, -0.25) is 4.90 Å². The minimum atomic E-state index is 0.308. The van der Waals surface area contributed by atoms with Crippen molar-refractivity contribution in [3.05, 3.63) is 77.7 Å². The molecule has 3 aromatic rings. The number of aromatic hydroxyl groups is 1. The van der Waals surface area contributed by atoms with Gasteiger partial charge in [0.2, 0.25) is 0 Å². The zero-order valence-electron chi connectivity index (χ0n) is 18.5. The van der Waals surface area contributed by atoms with Gasteiger partial charge >= 0.3 is 0 Å². The lowest BCUT2D eigenvalue weighted by molar-refractivity contribution is 0.139. The highest BCUT2D eigenvalue weighted by molar-refractivity contribution is 5.59. The average molecular weight is 417 g/mol. The smallest absolute Gasteiger partial charge is 0.128 e. The molecule has 0 unspecified atom stereocenters. The Kier molecular flexibility index (Phi) is 6.95. The summed E-state index contributed by atoms with van der Waals surface area (Å²) >= 11 is 0. The maximum absolute atomic E-state index is 9.41. The van der Waals surface area contributed by atoms with E-state index in [1.807, 2.05) is 24.4 Å². The van der Waals surface area contributed by atoms with E-state index in [9.17, 15) is 5.11 Å². The van der Waals surface area contributed by atoms with E-state index in [2.05, 4.69) is 53.3 Å². The fourth-order valence-electron chi connectivity index (χ4n) is 4.17. The number of aromatic nitrogens is 2. The summed E-state index contributed by atoms with van der Waals surface area (Å²) in [5.41, 5.74) is 4.68. The fraction of sp³-hybridized carbons (Fsp3) is 0.385. The Hall–Kier alpha value is -2.76. The second kappa shape index (κ2) is 10.0.